The molecule has 0 aliphatic rings. The van der Waals surface area contributed by atoms with E-state index < -0.39 is 0 Å². The number of hydrogen-bond acceptors (Lipinski definition) is 1. The number of anilines is 1. The van der Waals surface area contributed by atoms with Gasteiger partial charge in [-0.3, -0.25) is 4.79 Å². The SMILES string of the molecule is CC(C)c1ccc(NC(=O)C(C)(C)C)cc1C(C)(C)C. The van der Waals surface area contributed by atoms with Crippen LogP contribution in [0.1, 0.15) is 72.4 Å². The first-order valence-electron chi connectivity index (χ1n) is 7.39. The van der Waals surface area contributed by atoms with E-state index in [0.29, 0.717) is 5.92 Å². The minimum absolute atomic E-state index is 0.0506. The molecule has 0 saturated heterocycles. The van der Waals surface area contributed by atoms with Crippen LogP contribution in [0.5, 0.6) is 0 Å². The fourth-order valence-corrected chi connectivity index (χ4v) is 2.11. The summed E-state index contributed by atoms with van der Waals surface area (Å²) < 4.78 is 0. The molecule has 1 N–H and O–H groups in total. The Labute approximate surface area is 124 Å². The molecule has 0 bridgehead atoms. The fraction of sp³-hybridized carbons (Fsp3) is 0.611. The van der Waals surface area contributed by atoms with Crippen LogP contribution in [0.4, 0.5) is 5.69 Å². The van der Waals surface area contributed by atoms with Crippen LogP contribution in [0.2, 0.25) is 0 Å². The average molecular weight is 275 g/mol. The van der Waals surface area contributed by atoms with Gasteiger partial charge >= 0.3 is 0 Å². The van der Waals surface area contributed by atoms with Crippen molar-refractivity contribution in [2.75, 3.05) is 5.32 Å². The van der Waals surface area contributed by atoms with Crippen LogP contribution < -0.4 is 5.32 Å². The van der Waals surface area contributed by atoms with Crippen LogP contribution in [0.15, 0.2) is 18.2 Å². The molecule has 0 aromatic heterocycles. The third-order valence-electron chi connectivity index (χ3n) is 3.42. The third-order valence-corrected chi connectivity index (χ3v) is 3.42. The Kier molecular flexibility index (Phi) is 4.68. The smallest absolute Gasteiger partial charge is 0.229 e. The first-order chi connectivity index (χ1) is 8.93. The maximum atomic E-state index is 12.1. The van der Waals surface area contributed by atoms with E-state index in [4.69, 9.17) is 0 Å². The highest BCUT2D eigenvalue weighted by atomic mass is 16.2. The number of nitrogens with one attached hydrogen (secondary N) is 1. The molecule has 0 atom stereocenters. The molecule has 2 heteroatoms. The van der Waals surface area contributed by atoms with Crippen molar-refractivity contribution in [1.29, 1.82) is 0 Å². The zero-order valence-electron chi connectivity index (χ0n) is 14.2. The van der Waals surface area contributed by atoms with Gasteiger partial charge in [-0.15, -0.1) is 0 Å². The van der Waals surface area contributed by atoms with Crippen molar-refractivity contribution in [3.8, 4) is 0 Å². The van der Waals surface area contributed by atoms with E-state index in [9.17, 15) is 4.79 Å². The van der Waals surface area contributed by atoms with Crippen LogP contribution in [0, 0.1) is 5.41 Å². The Morgan fingerprint density at radius 3 is 2.00 bits per heavy atom. The summed E-state index contributed by atoms with van der Waals surface area (Å²) in [6.45, 7) is 16.8. The highest BCUT2D eigenvalue weighted by Crippen LogP contribution is 2.33. The summed E-state index contributed by atoms with van der Waals surface area (Å²) in [7, 11) is 0. The first kappa shape index (κ1) is 16.7. The lowest BCUT2D eigenvalue weighted by Gasteiger charge is -2.26. The second-order valence-corrected chi connectivity index (χ2v) is 7.91. The summed E-state index contributed by atoms with van der Waals surface area (Å²) in [6.07, 6.45) is 0. The van der Waals surface area contributed by atoms with Gasteiger partial charge in [-0.25, -0.2) is 0 Å². The van der Waals surface area contributed by atoms with Crippen molar-refractivity contribution in [3.05, 3.63) is 29.3 Å². The number of hydrogen-bond donors (Lipinski definition) is 1. The van der Waals surface area contributed by atoms with E-state index in [0.717, 1.165) is 5.69 Å². The molecule has 0 heterocycles. The summed E-state index contributed by atoms with van der Waals surface area (Å²) in [4.78, 5) is 12.1. The molecule has 0 unspecified atom stereocenters. The highest BCUT2D eigenvalue weighted by Gasteiger charge is 2.23. The third kappa shape index (κ3) is 4.09. The van der Waals surface area contributed by atoms with Crippen molar-refractivity contribution in [3.63, 3.8) is 0 Å². The van der Waals surface area contributed by atoms with Crippen LogP contribution in [-0.2, 0) is 10.2 Å². The standard InChI is InChI=1S/C18H29NO/c1-12(2)14-10-9-13(11-15(14)17(3,4)5)19-16(20)18(6,7)8/h9-12H,1-8H3,(H,19,20). The molecule has 2 nitrogen and oxygen atoms in total. The van der Waals surface area contributed by atoms with Gasteiger partial charge in [0.1, 0.15) is 0 Å². The van der Waals surface area contributed by atoms with E-state index in [1.165, 1.54) is 11.1 Å². The van der Waals surface area contributed by atoms with Gasteiger partial charge in [0.25, 0.3) is 0 Å². The molecule has 0 aliphatic carbocycles. The molecule has 0 spiro atoms. The van der Waals surface area contributed by atoms with Gasteiger partial charge in [-0.2, -0.15) is 0 Å². The molecule has 0 fully saturated rings. The van der Waals surface area contributed by atoms with Crippen LogP contribution in [0.3, 0.4) is 0 Å². The molecular weight excluding hydrogens is 246 g/mol. The maximum absolute atomic E-state index is 12.1. The number of carbonyl (C=O) groups excluding carboxylic acids is 1. The Morgan fingerprint density at radius 2 is 1.60 bits per heavy atom. The zero-order chi connectivity index (χ0) is 15.7. The highest BCUT2D eigenvalue weighted by molar-refractivity contribution is 5.94. The van der Waals surface area contributed by atoms with Crippen molar-refractivity contribution >= 4 is 11.6 Å². The molecule has 1 rings (SSSR count). The maximum Gasteiger partial charge on any atom is 0.229 e. The van der Waals surface area contributed by atoms with Crippen LogP contribution in [-0.4, -0.2) is 5.91 Å². The van der Waals surface area contributed by atoms with Crippen molar-refractivity contribution < 1.29 is 4.79 Å². The van der Waals surface area contributed by atoms with Gasteiger partial charge in [0, 0.05) is 11.1 Å². The quantitative estimate of drug-likeness (QED) is 0.800. The second-order valence-electron chi connectivity index (χ2n) is 7.91. The van der Waals surface area contributed by atoms with E-state index in [1.54, 1.807) is 0 Å². The summed E-state index contributed by atoms with van der Waals surface area (Å²) in [5.41, 5.74) is 3.24. The molecule has 0 radical (unpaired) electrons. The number of rotatable bonds is 2. The number of carbonyl (C=O) groups is 1. The Morgan fingerprint density at radius 1 is 1.05 bits per heavy atom. The molecule has 1 aromatic carbocycles. The van der Waals surface area contributed by atoms with E-state index in [-0.39, 0.29) is 16.7 Å². The van der Waals surface area contributed by atoms with Gasteiger partial charge in [-0.1, -0.05) is 61.5 Å². The molecular formula is C18H29NO. The summed E-state index contributed by atoms with van der Waals surface area (Å²) in [6, 6.07) is 6.27. The minimum atomic E-state index is -0.376. The van der Waals surface area contributed by atoms with Crippen LogP contribution >= 0.6 is 0 Å². The second kappa shape index (κ2) is 5.59. The van der Waals surface area contributed by atoms with Gasteiger partial charge in [-0.05, 0) is 34.6 Å². The van der Waals surface area contributed by atoms with E-state index in [1.807, 2.05) is 26.8 Å². The number of benzene rings is 1. The molecule has 112 valence electrons. The van der Waals surface area contributed by atoms with Crippen molar-refractivity contribution in [1.82, 2.24) is 0 Å². The molecule has 0 aliphatic heterocycles. The van der Waals surface area contributed by atoms with Gasteiger partial charge in [0.15, 0.2) is 0 Å². The molecule has 0 saturated carbocycles. The molecule has 20 heavy (non-hydrogen) atoms. The minimum Gasteiger partial charge on any atom is -0.326 e. The molecule has 1 amide bonds. The summed E-state index contributed by atoms with van der Waals surface area (Å²) >= 11 is 0. The largest absolute Gasteiger partial charge is 0.326 e. The lowest BCUT2D eigenvalue weighted by Crippen LogP contribution is -2.28. The van der Waals surface area contributed by atoms with Crippen LogP contribution in [0.25, 0.3) is 0 Å². The summed E-state index contributed by atoms with van der Waals surface area (Å²) in [5.74, 6) is 0.534. The topological polar surface area (TPSA) is 29.1 Å². The van der Waals surface area contributed by atoms with Crippen molar-refractivity contribution in [2.45, 2.75) is 66.7 Å². The Balaban J connectivity index is 3.18. The lowest BCUT2D eigenvalue weighted by molar-refractivity contribution is -0.123. The summed E-state index contributed by atoms with van der Waals surface area (Å²) in [5, 5.41) is 3.02. The number of amides is 1. The zero-order valence-corrected chi connectivity index (χ0v) is 14.2. The molecule has 1 aromatic rings. The predicted octanol–water partition coefficient (Wildman–Crippen LogP) is 5.09. The van der Waals surface area contributed by atoms with Gasteiger partial charge in [0.2, 0.25) is 5.91 Å². The monoisotopic (exact) mass is 275 g/mol. The lowest BCUT2D eigenvalue weighted by atomic mass is 9.80. The Bertz CT molecular complexity index is 487. The fourth-order valence-electron chi connectivity index (χ4n) is 2.11. The van der Waals surface area contributed by atoms with E-state index in [2.05, 4.69) is 52.1 Å². The normalized spacial score (nSPS) is 12.7. The average Bonchev–Trinajstić information content (AvgIpc) is 2.26. The Hall–Kier alpha value is -1.31. The predicted molar refractivity (Wildman–Crippen MR) is 87.3 cm³/mol. The first-order valence-corrected chi connectivity index (χ1v) is 7.39. The van der Waals surface area contributed by atoms with E-state index >= 15 is 0 Å². The van der Waals surface area contributed by atoms with Gasteiger partial charge in [0.05, 0.1) is 0 Å². The van der Waals surface area contributed by atoms with Gasteiger partial charge < -0.3 is 5.32 Å². The van der Waals surface area contributed by atoms with Crippen molar-refractivity contribution in [2.24, 2.45) is 5.41 Å².